The molecule has 2 aromatic rings. The lowest BCUT2D eigenvalue weighted by Gasteiger charge is -2.14. The van der Waals surface area contributed by atoms with Crippen LogP contribution in [0.1, 0.15) is 42.2 Å². The van der Waals surface area contributed by atoms with E-state index in [1.54, 1.807) is 22.7 Å². The lowest BCUT2D eigenvalue weighted by Crippen LogP contribution is -2.12. The van der Waals surface area contributed by atoms with Crippen LogP contribution in [-0.2, 0) is 23.1 Å². The highest BCUT2D eigenvalue weighted by Gasteiger charge is 2.18. The molecule has 0 aliphatic rings. The summed E-state index contributed by atoms with van der Waals surface area (Å²) in [5.41, 5.74) is 2.09. The third-order valence-electron chi connectivity index (χ3n) is 2.68. The van der Waals surface area contributed by atoms with Gasteiger partial charge in [0.25, 0.3) is 0 Å². The Morgan fingerprint density at radius 3 is 2.16 bits per heavy atom. The molecule has 2 heterocycles. The highest BCUT2D eigenvalue weighted by Crippen LogP contribution is 2.24. The van der Waals surface area contributed by atoms with E-state index in [0.717, 1.165) is 21.4 Å². The van der Waals surface area contributed by atoms with Crippen molar-refractivity contribution in [1.29, 1.82) is 0 Å². The normalized spacial score (nSPS) is 11.8. The maximum Gasteiger partial charge on any atom is 0.146 e. The van der Waals surface area contributed by atoms with Crippen molar-refractivity contribution in [2.75, 3.05) is 0 Å². The Bertz CT molecular complexity index is 578. The molecule has 0 N–H and O–H groups in total. The predicted molar refractivity (Wildman–Crippen MR) is 80.1 cm³/mol. The van der Waals surface area contributed by atoms with Crippen molar-refractivity contribution in [1.82, 2.24) is 9.97 Å². The van der Waals surface area contributed by atoms with Crippen LogP contribution in [0.2, 0.25) is 0 Å². The van der Waals surface area contributed by atoms with Crippen LogP contribution in [0.5, 0.6) is 0 Å². The van der Waals surface area contributed by atoms with Gasteiger partial charge in [-0.2, -0.15) is 0 Å². The minimum atomic E-state index is 0.0459. The first-order chi connectivity index (χ1) is 8.84. The van der Waals surface area contributed by atoms with Crippen LogP contribution in [-0.4, -0.2) is 15.8 Å². The molecule has 0 fully saturated rings. The third-order valence-corrected chi connectivity index (χ3v) is 4.50. The minimum absolute atomic E-state index is 0.0459. The Hall–Kier alpha value is -1.07. The number of nitrogens with zero attached hydrogens (tertiary/aromatic N) is 2. The number of hydrogen-bond acceptors (Lipinski definition) is 5. The number of Topliss-reactive ketones (excluding diaryl/α,β-unsaturated/α-hetero) is 1. The quantitative estimate of drug-likeness (QED) is 0.866. The first-order valence-corrected chi connectivity index (χ1v) is 7.98. The molecule has 0 radical (unpaired) electrons. The molecule has 2 rings (SSSR count). The number of aromatic nitrogens is 2. The van der Waals surface area contributed by atoms with E-state index in [0.29, 0.717) is 12.8 Å². The number of hydrogen-bond donors (Lipinski definition) is 0. The van der Waals surface area contributed by atoms with Crippen LogP contribution in [0.25, 0.3) is 0 Å². The monoisotopic (exact) mass is 294 g/mol. The van der Waals surface area contributed by atoms with Gasteiger partial charge < -0.3 is 0 Å². The van der Waals surface area contributed by atoms with Gasteiger partial charge in [0, 0.05) is 21.9 Å². The maximum atomic E-state index is 12.0. The minimum Gasteiger partial charge on any atom is -0.299 e. The average molecular weight is 294 g/mol. The molecule has 19 heavy (non-hydrogen) atoms. The third kappa shape index (κ3) is 3.94. The summed E-state index contributed by atoms with van der Waals surface area (Å²) in [6.07, 6.45) is 0.836. The van der Waals surface area contributed by atoms with Gasteiger partial charge in [-0.05, 0) is 6.92 Å². The van der Waals surface area contributed by atoms with Crippen molar-refractivity contribution in [3.8, 4) is 0 Å². The zero-order valence-corrected chi connectivity index (χ0v) is 13.3. The van der Waals surface area contributed by atoms with E-state index in [-0.39, 0.29) is 11.2 Å². The topological polar surface area (TPSA) is 42.9 Å². The summed E-state index contributed by atoms with van der Waals surface area (Å²) >= 11 is 3.12. The van der Waals surface area contributed by atoms with E-state index >= 15 is 0 Å². The summed E-state index contributed by atoms with van der Waals surface area (Å²) in [4.78, 5) is 20.8. The maximum absolute atomic E-state index is 12.0. The average Bonchev–Trinajstić information content (AvgIpc) is 2.87. The first-order valence-electron chi connectivity index (χ1n) is 6.22. The number of carbonyl (C=O) groups is 1. The SMILES string of the molecule is Cc1csc(CC(=O)Cc2nc(C(C)(C)C)cs2)n1. The molecule has 0 aromatic carbocycles. The summed E-state index contributed by atoms with van der Waals surface area (Å²) in [7, 11) is 0. The second-order valence-corrected chi connectivity index (χ2v) is 7.54. The molecule has 0 amide bonds. The van der Waals surface area contributed by atoms with Crippen LogP contribution in [0.4, 0.5) is 0 Å². The molecule has 0 aliphatic carbocycles. The van der Waals surface area contributed by atoms with Gasteiger partial charge in [-0.1, -0.05) is 20.8 Å². The lowest BCUT2D eigenvalue weighted by molar-refractivity contribution is -0.117. The van der Waals surface area contributed by atoms with Crippen LogP contribution in [0, 0.1) is 6.92 Å². The molecule has 2 aromatic heterocycles. The highest BCUT2D eigenvalue weighted by atomic mass is 32.1. The summed E-state index contributed by atoms with van der Waals surface area (Å²) in [5.74, 6) is 0.184. The molecule has 102 valence electrons. The van der Waals surface area contributed by atoms with E-state index in [4.69, 9.17) is 0 Å². The van der Waals surface area contributed by atoms with Crippen LogP contribution >= 0.6 is 22.7 Å². The fraction of sp³-hybridized carbons (Fsp3) is 0.500. The molecule has 0 saturated carbocycles. The zero-order chi connectivity index (χ0) is 14.0. The number of carbonyl (C=O) groups excluding carboxylic acids is 1. The molecular weight excluding hydrogens is 276 g/mol. The lowest BCUT2D eigenvalue weighted by atomic mass is 9.93. The van der Waals surface area contributed by atoms with Crippen LogP contribution in [0.3, 0.4) is 0 Å². The molecule has 3 nitrogen and oxygen atoms in total. The summed E-state index contributed by atoms with van der Waals surface area (Å²) in [6, 6.07) is 0. The standard InChI is InChI=1S/C14H18N2OS2/c1-9-7-18-12(15-9)5-10(17)6-13-16-11(8-19-13)14(2,3)4/h7-8H,5-6H2,1-4H3. The van der Waals surface area contributed by atoms with E-state index in [2.05, 4.69) is 36.1 Å². The second kappa shape index (κ2) is 5.51. The fourth-order valence-corrected chi connectivity index (χ4v) is 3.47. The van der Waals surface area contributed by atoms with Crippen molar-refractivity contribution >= 4 is 28.5 Å². The first kappa shape index (κ1) is 14.3. The molecule has 0 saturated heterocycles. The molecular formula is C14H18N2OS2. The van der Waals surface area contributed by atoms with E-state index in [1.807, 2.05) is 12.3 Å². The van der Waals surface area contributed by atoms with E-state index < -0.39 is 0 Å². The van der Waals surface area contributed by atoms with Gasteiger partial charge in [-0.25, -0.2) is 9.97 Å². The number of ketones is 1. The predicted octanol–water partition coefficient (Wildman–Crippen LogP) is 3.56. The summed E-state index contributed by atoms with van der Waals surface area (Å²) < 4.78 is 0. The molecule has 0 aliphatic heterocycles. The molecule has 0 bridgehead atoms. The fourth-order valence-electron chi connectivity index (χ4n) is 1.62. The van der Waals surface area contributed by atoms with Gasteiger partial charge in [0.05, 0.1) is 18.5 Å². The Morgan fingerprint density at radius 1 is 1.11 bits per heavy atom. The Morgan fingerprint density at radius 2 is 1.68 bits per heavy atom. The number of rotatable bonds is 4. The van der Waals surface area contributed by atoms with E-state index in [9.17, 15) is 4.79 Å². The number of aryl methyl sites for hydroxylation is 1. The van der Waals surface area contributed by atoms with Gasteiger partial charge in [0.1, 0.15) is 15.8 Å². The molecule has 0 atom stereocenters. The Kier molecular flexibility index (Phi) is 4.16. The van der Waals surface area contributed by atoms with Crippen molar-refractivity contribution in [3.63, 3.8) is 0 Å². The zero-order valence-electron chi connectivity index (χ0n) is 11.7. The van der Waals surface area contributed by atoms with Crippen molar-refractivity contribution in [3.05, 3.63) is 32.2 Å². The van der Waals surface area contributed by atoms with Crippen LogP contribution < -0.4 is 0 Å². The van der Waals surface area contributed by atoms with Crippen molar-refractivity contribution in [2.45, 2.75) is 46.0 Å². The Labute approximate surface area is 121 Å². The largest absolute Gasteiger partial charge is 0.299 e. The van der Waals surface area contributed by atoms with Crippen molar-refractivity contribution < 1.29 is 4.79 Å². The smallest absolute Gasteiger partial charge is 0.146 e. The van der Waals surface area contributed by atoms with Crippen molar-refractivity contribution in [2.24, 2.45) is 0 Å². The van der Waals surface area contributed by atoms with Gasteiger partial charge in [-0.15, -0.1) is 22.7 Å². The van der Waals surface area contributed by atoms with Crippen LogP contribution in [0.15, 0.2) is 10.8 Å². The van der Waals surface area contributed by atoms with E-state index in [1.165, 1.54) is 0 Å². The summed E-state index contributed by atoms with van der Waals surface area (Å²) in [5, 5.41) is 5.83. The Balaban J connectivity index is 1.97. The molecule has 0 unspecified atom stereocenters. The van der Waals surface area contributed by atoms with Gasteiger partial charge in [0.2, 0.25) is 0 Å². The van der Waals surface area contributed by atoms with Gasteiger partial charge in [0.15, 0.2) is 0 Å². The summed E-state index contributed by atoms with van der Waals surface area (Å²) in [6.45, 7) is 8.34. The number of thiazole rings is 2. The molecule has 0 spiro atoms. The van der Waals surface area contributed by atoms with Gasteiger partial charge >= 0.3 is 0 Å². The molecule has 5 heteroatoms. The van der Waals surface area contributed by atoms with Gasteiger partial charge in [-0.3, -0.25) is 4.79 Å². The second-order valence-electron chi connectivity index (χ2n) is 5.65. The highest BCUT2D eigenvalue weighted by molar-refractivity contribution is 7.10.